The fraction of sp³-hybridized carbons (Fsp3) is 0.154. The topological polar surface area (TPSA) is 72.0 Å². The number of Topliss-reactive ketones (excluding diaryl/α,β-unsaturated/α-hetero) is 1. The first-order valence-corrected chi connectivity index (χ1v) is 5.84. The van der Waals surface area contributed by atoms with Crippen LogP contribution in [0.15, 0.2) is 24.5 Å². The predicted octanol–water partition coefficient (Wildman–Crippen LogP) is 2.72. The van der Waals surface area contributed by atoms with Crippen molar-refractivity contribution >= 4 is 23.4 Å². The summed E-state index contributed by atoms with van der Waals surface area (Å²) in [7, 11) is 1.27. The Morgan fingerprint density at radius 2 is 2.11 bits per heavy atom. The fourth-order valence-corrected chi connectivity index (χ4v) is 1.95. The van der Waals surface area contributed by atoms with Gasteiger partial charge in [0.2, 0.25) is 0 Å². The molecule has 0 aliphatic heterocycles. The van der Waals surface area contributed by atoms with Crippen LogP contribution >= 0.6 is 11.6 Å². The number of pyridine rings is 1. The summed E-state index contributed by atoms with van der Waals surface area (Å²) in [6.45, 7) is 1.40. The van der Waals surface area contributed by atoms with Crippen LogP contribution in [0.1, 0.15) is 27.9 Å². The quantitative estimate of drug-likeness (QED) is 0.692. The van der Waals surface area contributed by atoms with E-state index in [1.807, 2.05) is 0 Å². The first-order chi connectivity index (χ1) is 9.04. The zero-order chi connectivity index (χ0) is 14.0. The lowest BCUT2D eigenvalue weighted by atomic mass is 10.1. The third kappa shape index (κ3) is 2.51. The molecule has 0 radical (unpaired) electrons. The molecular weight excluding hydrogens is 268 g/mol. The van der Waals surface area contributed by atoms with E-state index in [1.54, 1.807) is 18.5 Å². The fourth-order valence-electron chi connectivity index (χ4n) is 1.74. The number of hydrogen-bond acceptors (Lipinski definition) is 4. The molecular formula is C13H11ClN2O3. The van der Waals surface area contributed by atoms with Crippen molar-refractivity contribution in [3.63, 3.8) is 0 Å². The second-order valence-electron chi connectivity index (χ2n) is 3.87. The second kappa shape index (κ2) is 5.24. The van der Waals surface area contributed by atoms with Crippen LogP contribution in [-0.4, -0.2) is 28.8 Å². The molecule has 2 heterocycles. The first-order valence-electron chi connectivity index (χ1n) is 5.46. The minimum Gasteiger partial charge on any atom is -0.464 e. The summed E-state index contributed by atoms with van der Waals surface area (Å²) in [5, 5.41) is 0.452. The van der Waals surface area contributed by atoms with Crippen LogP contribution < -0.4 is 0 Å². The van der Waals surface area contributed by atoms with Gasteiger partial charge in [-0.3, -0.25) is 9.78 Å². The Labute approximate surface area is 114 Å². The predicted molar refractivity (Wildman–Crippen MR) is 70.4 cm³/mol. The molecule has 0 saturated carbocycles. The maximum atomic E-state index is 11.6. The highest BCUT2D eigenvalue weighted by Crippen LogP contribution is 2.30. The molecule has 0 saturated heterocycles. The number of aromatic nitrogens is 2. The summed E-state index contributed by atoms with van der Waals surface area (Å²) in [6.07, 6.45) is 3.09. The summed E-state index contributed by atoms with van der Waals surface area (Å²) in [5.74, 6) is -0.751. The number of nitrogens with one attached hydrogen (secondary N) is 1. The van der Waals surface area contributed by atoms with E-state index in [4.69, 9.17) is 11.6 Å². The van der Waals surface area contributed by atoms with E-state index in [-0.39, 0.29) is 11.5 Å². The molecule has 0 aliphatic rings. The number of ether oxygens (including phenoxy) is 1. The summed E-state index contributed by atoms with van der Waals surface area (Å²) in [4.78, 5) is 29.9. The van der Waals surface area contributed by atoms with E-state index in [1.165, 1.54) is 20.1 Å². The molecule has 19 heavy (non-hydrogen) atoms. The highest BCUT2D eigenvalue weighted by molar-refractivity contribution is 6.33. The van der Waals surface area contributed by atoms with Crippen LogP contribution in [0.5, 0.6) is 0 Å². The van der Waals surface area contributed by atoms with Crippen molar-refractivity contribution in [1.82, 2.24) is 9.97 Å². The maximum absolute atomic E-state index is 11.6. The molecule has 5 nitrogen and oxygen atoms in total. The Bertz CT molecular complexity index is 649. The lowest BCUT2D eigenvalue weighted by Crippen LogP contribution is -2.02. The third-order valence-corrected chi connectivity index (χ3v) is 2.96. The zero-order valence-electron chi connectivity index (χ0n) is 10.4. The molecule has 2 aromatic rings. The number of H-pyrrole nitrogens is 1. The number of methoxy groups -OCH3 is 1. The number of carbonyl (C=O) groups excluding carboxylic acids is 2. The molecule has 1 N–H and O–H groups in total. The van der Waals surface area contributed by atoms with Gasteiger partial charge in [0.1, 0.15) is 5.69 Å². The van der Waals surface area contributed by atoms with E-state index in [9.17, 15) is 9.59 Å². The lowest BCUT2D eigenvalue weighted by Gasteiger charge is -2.02. The molecule has 6 heteroatoms. The third-order valence-electron chi connectivity index (χ3n) is 2.63. The van der Waals surface area contributed by atoms with Crippen molar-refractivity contribution in [2.24, 2.45) is 0 Å². The average molecular weight is 279 g/mol. The van der Waals surface area contributed by atoms with Gasteiger partial charge in [0, 0.05) is 30.4 Å². The minimum atomic E-state index is -0.547. The number of esters is 1. The van der Waals surface area contributed by atoms with Crippen molar-refractivity contribution in [2.45, 2.75) is 6.92 Å². The van der Waals surface area contributed by atoms with Crippen molar-refractivity contribution in [3.8, 4) is 11.1 Å². The standard InChI is InChI=1S/C13H11ClN2O3/c1-7(17)12-8(5-11(16-12)13(18)19-2)9-6-15-4-3-10(9)14/h3-6,16H,1-2H3. The van der Waals surface area contributed by atoms with Crippen molar-refractivity contribution in [3.05, 3.63) is 40.9 Å². The molecule has 0 aliphatic carbocycles. The van der Waals surface area contributed by atoms with Crippen molar-refractivity contribution in [1.29, 1.82) is 0 Å². The van der Waals surface area contributed by atoms with E-state index in [0.29, 0.717) is 21.8 Å². The highest BCUT2D eigenvalue weighted by atomic mass is 35.5. The Kier molecular flexibility index (Phi) is 3.66. The molecule has 98 valence electrons. The van der Waals surface area contributed by atoms with Gasteiger partial charge in [0.25, 0.3) is 0 Å². The van der Waals surface area contributed by atoms with Crippen LogP contribution in [0.3, 0.4) is 0 Å². The van der Waals surface area contributed by atoms with E-state index in [0.717, 1.165) is 0 Å². The summed E-state index contributed by atoms with van der Waals surface area (Å²) in [5.41, 5.74) is 1.62. The van der Waals surface area contributed by atoms with Crippen LogP contribution in [0.2, 0.25) is 5.02 Å². The maximum Gasteiger partial charge on any atom is 0.354 e. The molecule has 2 aromatic heterocycles. The average Bonchev–Trinajstić information content (AvgIpc) is 2.83. The van der Waals surface area contributed by atoms with Crippen LogP contribution in [0.25, 0.3) is 11.1 Å². The van der Waals surface area contributed by atoms with Gasteiger partial charge in [-0.15, -0.1) is 0 Å². The second-order valence-corrected chi connectivity index (χ2v) is 4.28. The van der Waals surface area contributed by atoms with Gasteiger partial charge in [-0.2, -0.15) is 0 Å². The number of rotatable bonds is 3. The van der Waals surface area contributed by atoms with Gasteiger partial charge in [-0.05, 0) is 12.1 Å². The zero-order valence-corrected chi connectivity index (χ0v) is 11.1. The van der Waals surface area contributed by atoms with Crippen molar-refractivity contribution < 1.29 is 14.3 Å². The largest absolute Gasteiger partial charge is 0.464 e. The van der Waals surface area contributed by atoms with Gasteiger partial charge in [0.05, 0.1) is 17.8 Å². The Morgan fingerprint density at radius 3 is 2.68 bits per heavy atom. The smallest absolute Gasteiger partial charge is 0.354 e. The molecule has 0 bridgehead atoms. The van der Waals surface area contributed by atoms with Gasteiger partial charge >= 0.3 is 5.97 Å². The molecule has 0 aromatic carbocycles. The Hall–Kier alpha value is -2.14. The van der Waals surface area contributed by atoms with Gasteiger partial charge in [0.15, 0.2) is 5.78 Å². The summed E-state index contributed by atoms with van der Waals surface area (Å²) in [6, 6.07) is 3.15. The summed E-state index contributed by atoms with van der Waals surface area (Å²) < 4.78 is 4.62. The van der Waals surface area contributed by atoms with E-state index < -0.39 is 5.97 Å². The molecule has 0 atom stereocenters. The van der Waals surface area contributed by atoms with E-state index in [2.05, 4.69) is 14.7 Å². The monoisotopic (exact) mass is 278 g/mol. The van der Waals surface area contributed by atoms with Crippen molar-refractivity contribution in [2.75, 3.05) is 7.11 Å². The number of halogens is 1. The Morgan fingerprint density at radius 1 is 1.37 bits per heavy atom. The molecule has 0 amide bonds. The number of aromatic amines is 1. The Balaban J connectivity index is 2.62. The minimum absolute atomic E-state index is 0.197. The lowest BCUT2D eigenvalue weighted by molar-refractivity contribution is 0.0595. The molecule has 2 rings (SSSR count). The molecule has 0 unspecified atom stereocenters. The molecule has 0 spiro atoms. The highest BCUT2D eigenvalue weighted by Gasteiger charge is 2.19. The number of hydrogen-bond donors (Lipinski definition) is 1. The normalized spacial score (nSPS) is 10.3. The first kappa shape index (κ1) is 13.3. The van der Waals surface area contributed by atoms with Crippen LogP contribution in [0.4, 0.5) is 0 Å². The summed E-state index contributed by atoms with van der Waals surface area (Å²) >= 11 is 6.08. The van der Waals surface area contributed by atoms with Gasteiger partial charge < -0.3 is 9.72 Å². The van der Waals surface area contributed by atoms with E-state index >= 15 is 0 Å². The molecule has 0 fully saturated rings. The SMILES string of the molecule is COC(=O)c1cc(-c2cnccc2Cl)c(C(C)=O)[nH]1. The number of carbonyl (C=O) groups is 2. The van der Waals surface area contributed by atoms with Crippen LogP contribution in [0, 0.1) is 0 Å². The number of ketones is 1. The van der Waals surface area contributed by atoms with Gasteiger partial charge in [-0.1, -0.05) is 11.6 Å². The number of nitrogens with zero attached hydrogens (tertiary/aromatic N) is 1. The van der Waals surface area contributed by atoms with Gasteiger partial charge in [-0.25, -0.2) is 4.79 Å². The van der Waals surface area contributed by atoms with Crippen LogP contribution in [-0.2, 0) is 4.74 Å².